The van der Waals surface area contributed by atoms with Gasteiger partial charge < -0.3 is 15.7 Å². The molecule has 2 aromatic heterocycles. The number of rotatable bonds is 9. The first kappa shape index (κ1) is 29.3. The van der Waals surface area contributed by atoms with Crippen LogP contribution in [0.4, 0.5) is 0 Å². The van der Waals surface area contributed by atoms with Gasteiger partial charge >= 0.3 is 0 Å². The molecule has 2 heterocycles. The van der Waals surface area contributed by atoms with Crippen molar-refractivity contribution in [2.24, 2.45) is 5.10 Å². The molecule has 0 aliphatic carbocycles. The summed E-state index contributed by atoms with van der Waals surface area (Å²) in [5, 5.41) is 23.0. The molecule has 0 saturated heterocycles. The minimum atomic E-state index is -0.474. The zero-order valence-electron chi connectivity index (χ0n) is 21.4. The van der Waals surface area contributed by atoms with E-state index in [2.05, 4.69) is 21.2 Å². The predicted octanol–water partition coefficient (Wildman–Crippen LogP) is 6.21. The maximum Gasteiger partial charge on any atom is 0.281 e. The lowest BCUT2D eigenvalue weighted by atomic mass is 10.1. The minimum absolute atomic E-state index is 0.0244. The molecule has 0 aliphatic heterocycles. The Balaban J connectivity index is 1.33. The number of hydrogen-bond acceptors (Lipinski definition) is 7. The van der Waals surface area contributed by atoms with Crippen molar-refractivity contribution in [3.63, 3.8) is 0 Å². The van der Waals surface area contributed by atoms with Crippen molar-refractivity contribution < 1.29 is 19.5 Å². The molecular formula is C28H24Cl2N4O4S2. The zero-order chi connectivity index (χ0) is 28.8. The second kappa shape index (κ2) is 13.1. The third-order valence-electron chi connectivity index (χ3n) is 5.73. The number of hydrogen-bond donors (Lipinski definition) is 4. The standard InChI is InChI=1S/C28H24Cl2N4O4S2/c1-15(20-14-39-26(25(20)36)19-7-8-21(29)22(30)11-19)33-34-28(38)24-10-9-23(40-24)27(37)32-13-18-5-3-17(4-6-18)12-31-16(2)35/h3-11,14,36H,12-13H2,1-2H3,(H,31,35)(H,32,37)(H,34,38)/b33-15+. The number of amides is 3. The number of benzene rings is 2. The van der Waals surface area contributed by atoms with Crippen LogP contribution in [-0.2, 0) is 17.9 Å². The Morgan fingerprint density at radius 2 is 1.48 bits per heavy atom. The van der Waals surface area contributed by atoms with E-state index < -0.39 is 5.91 Å². The van der Waals surface area contributed by atoms with E-state index in [4.69, 9.17) is 23.2 Å². The highest BCUT2D eigenvalue weighted by atomic mass is 35.5. The van der Waals surface area contributed by atoms with E-state index in [9.17, 15) is 19.5 Å². The van der Waals surface area contributed by atoms with Crippen molar-refractivity contribution in [3.8, 4) is 16.2 Å². The van der Waals surface area contributed by atoms with Gasteiger partial charge in [0.2, 0.25) is 5.91 Å². The first-order valence-electron chi connectivity index (χ1n) is 11.9. The maximum atomic E-state index is 12.7. The lowest BCUT2D eigenvalue weighted by Gasteiger charge is -2.06. The van der Waals surface area contributed by atoms with Gasteiger partial charge in [-0.3, -0.25) is 14.4 Å². The van der Waals surface area contributed by atoms with Crippen molar-refractivity contribution >= 4 is 69.3 Å². The third-order valence-corrected chi connectivity index (χ3v) is 8.57. The summed E-state index contributed by atoms with van der Waals surface area (Å²) in [7, 11) is 0. The first-order valence-corrected chi connectivity index (χ1v) is 14.4. The molecule has 0 aliphatic rings. The fourth-order valence-electron chi connectivity index (χ4n) is 3.55. The molecule has 0 spiro atoms. The van der Waals surface area contributed by atoms with Crippen molar-refractivity contribution in [1.82, 2.24) is 16.1 Å². The summed E-state index contributed by atoms with van der Waals surface area (Å²) in [5.74, 6) is -0.850. The Hall–Kier alpha value is -3.70. The van der Waals surface area contributed by atoms with Gasteiger partial charge in [-0.2, -0.15) is 5.10 Å². The van der Waals surface area contributed by atoms with Gasteiger partial charge in [-0.1, -0.05) is 53.5 Å². The van der Waals surface area contributed by atoms with E-state index >= 15 is 0 Å². The summed E-state index contributed by atoms with van der Waals surface area (Å²) in [6.07, 6.45) is 0. The van der Waals surface area contributed by atoms with Crippen LogP contribution in [0.2, 0.25) is 10.0 Å². The first-order chi connectivity index (χ1) is 19.1. The molecular weight excluding hydrogens is 591 g/mol. The van der Waals surface area contributed by atoms with Crippen LogP contribution < -0.4 is 16.1 Å². The molecule has 3 amide bonds. The fourth-order valence-corrected chi connectivity index (χ4v) is 5.67. The van der Waals surface area contributed by atoms with Crippen molar-refractivity contribution in [3.05, 3.63) is 96.5 Å². The van der Waals surface area contributed by atoms with Crippen LogP contribution in [0, 0.1) is 0 Å². The zero-order valence-corrected chi connectivity index (χ0v) is 24.5. The Morgan fingerprint density at radius 1 is 0.850 bits per heavy atom. The monoisotopic (exact) mass is 614 g/mol. The van der Waals surface area contributed by atoms with E-state index in [1.807, 2.05) is 24.3 Å². The highest BCUT2D eigenvalue weighted by Gasteiger charge is 2.17. The maximum absolute atomic E-state index is 12.7. The lowest BCUT2D eigenvalue weighted by molar-refractivity contribution is -0.119. The number of carbonyl (C=O) groups excluding carboxylic acids is 3. The smallest absolute Gasteiger partial charge is 0.281 e. The molecule has 0 bridgehead atoms. The topological polar surface area (TPSA) is 120 Å². The molecule has 8 nitrogen and oxygen atoms in total. The number of aromatic hydroxyl groups is 1. The molecule has 0 fully saturated rings. The molecule has 40 heavy (non-hydrogen) atoms. The minimum Gasteiger partial charge on any atom is -0.506 e. The van der Waals surface area contributed by atoms with Crippen LogP contribution in [0.25, 0.3) is 10.4 Å². The summed E-state index contributed by atoms with van der Waals surface area (Å²) in [6.45, 7) is 3.89. The Morgan fingerprint density at radius 3 is 2.10 bits per heavy atom. The van der Waals surface area contributed by atoms with Gasteiger partial charge in [0.15, 0.2) is 0 Å². The van der Waals surface area contributed by atoms with Crippen molar-refractivity contribution in [2.45, 2.75) is 26.9 Å². The molecule has 12 heteroatoms. The second-order valence-electron chi connectivity index (χ2n) is 8.67. The number of carbonyl (C=O) groups is 3. The Bertz CT molecular complexity index is 1600. The average Bonchev–Trinajstić information content (AvgIpc) is 3.59. The van der Waals surface area contributed by atoms with Gasteiger partial charge in [-0.05, 0) is 47.9 Å². The van der Waals surface area contributed by atoms with Gasteiger partial charge in [0.25, 0.3) is 11.8 Å². The molecule has 2 aromatic carbocycles. The van der Waals surface area contributed by atoms with Crippen LogP contribution in [0.15, 0.2) is 65.1 Å². The number of halogens is 2. The summed E-state index contributed by atoms with van der Waals surface area (Å²) in [4.78, 5) is 37.6. The summed E-state index contributed by atoms with van der Waals surface area (Å²) in [5.41, 5.74) is 5.93. The Labute approximate surface area is 248 Å². The van der Waals surface area contributed by atoms with E-state index in [0.29, 0.717) is 54.6 Å². The van der Waals surface area contributed by atoms with Gasteiger partial charge in [0.1, 0.15) is 5.75 Å². The van der Waals surface area contributed by atoms with E-state index in [0.717, 1.165) is 22.5 Å². The van der Waals surface area contributed by atoms with E-state index in [1.165, 1.54) is 18.3 Å². The normalized spacial score (nSPS) is 11.2. The van der Waals surface area contributed by atoms with Gasteiger partial charge in [0, 0.05) is 25.4 Å². The SMILES string of the molecule is CC(=O)NCc1ccc(CNC(=O)c2ccc(C(=O)N/N=C(\C)c3csc(-c4ccc(Cl)c(Cl)c4)c3O)s2)cc1. The highest BCUT2D eigenvalue weighted by Crippen LogP contribution is 2.40. The molecule has 0 radical (unpaired) electrons. The third kappa shape index (κ3) is 7.28. The quantitative estimate of drug-likeness (QED) is 0.132. The molecule has 0 saturated carbocycles. The highest BCUT2D eigenvalue weighted by molar-refractivity contribution is 7.16. The number of nitrogens with one attached hydrogen (secondary N) is 3. The fraction of sp³-hybridized carbons (Fsp3) is 0.143. The summed E-state index contributed by atoms with van der Waals surface area (Å²) in [6, 6.07) is 15.8. The van der Waals surface area contributed by atoms with Crippen LogP contribution in [0.1, 0.15) is 49.9 Å². The second-order valence-corrected chi connectivity index (χ2v) is 11.4. The molecule has 4 N–H and O–H groups in total. The van der Waals surface area contributed by atoms with E-state index in [1.54, 1.807) is 42.6 Å². The van der Waals surface area contributed by atoms with Crippen LogP contribution >= 0.6 is 45.9 Å². The van der Waals surface area contributed by atoms with Crippen LogP contribution in [0.5, 0.6) is 5.75 Å². The largest absolute Gasteiger partial charge is 0.506 e. The van der Waals surface area contributed by atoms with Crippen molar-refractivity contribution in [2.75, 3.05) is 0 Å². The van der Waals surface area contributed by atoms with Crippen molar-refractivity contribution in [1.29, 1.82) is 0 Å². The van der Waals surface area contributed by atoms with Gasteiger partial charge in [-0.25, -0.2) is 5.43 Å². The molecule has 4 rings (SSSR count). The lowest BCUT2D eigenvalue weighted by Crippen LogP contribution is -2.22. The molecule has 0 unspecified atom stereocenters. The number of thiophene rings is 2. The van der Waals surface area contributed by atoms with Gasteiger partial charge in [-0.15, -0.1) is 22.7 Å². The number of nitrogens with zero attached hydrogens (tertiary/aromatic N) is 1. The molecule has 0 atom stereocenters. The van der Waals surface area contributed by atoms with Crippen LogP contribution in [-0.4, -0.2) is 28.5 Å². The average molecular weight is 616 g/mol. The van der Waals surface area contributed by atoms with Gasteiger partial charge in [0.05, 0.1) is 36.0 Å². The number of hydrazone groups is 1. The summed E-state index contributed by atoms with van der Waals surface area (Å²) < 4.78 is 0. The predicted molar refractivity (Wildman–Crippen MR) is 161 cm³/mol. The van der Waals surface area contributed by atoms with Crippen LogP contribution in [0.3, 0.4) is 0 Å². The summed E-state index contributed by atoms with van der Waals surface area (Å²) >= 11 is 14.4. The molecule has 206 valence electrons. The Kier molecular flexibility index (Phi) is 9.59. The molecule has 4 aromatic rings. The van der Waals surface area contributed by atoms with E-state index in [-0.39, 0.29) is 17.6 Å².